The predicted octanol–water partition coefficient (Wildman–Crippen LogP) is 4.28. The highest BCUT2D eigenvalue weighted by Gasteiger charge is 2.43. The summed E-state index contributed by atoms with van der Waals surface area (Å²) >= 11 is 0. The van der Waals surface area contributed by atoms with Gasteiger partial charge in [-0.2, -0.15) is 0 Å². The van der Waals surface area contributed by atoms with E-state index in [1.807, 2.05) is 63.2 Å². The Bertz CT molecular complexity index is 1030. The van der Waals surface area contributed by atoms with Crippen molar-refractivity contribution in [2.24, 2.45) is 5.92 Å². The fourth-order valence-corrected chi connectivity index (χ4v) is 4.40. The van der Waals surface area contributed by atoms with Crippen LogP contribution in [0.15, 0.2) is 42.5 Å². The van der Waals surface area contributed by atoms with Crippen molar-refractivity contribution in [2.75, 3.05) is 19.9 Å². The molecule has 1 amide bonds. The summed E-state index contributed by atoms with van der Waals surface area (Å²) in [6, 6.07) is 13.0. The minimum atomic E-state index is -1.27. The van der Waals surface area contributed by atoms with Crippen LogP contribution in [-0.4, -0.2) is 41.6 Å². The van der Waals surface area contributed by atoms with Crippen LogP contribution in [0.5, 0.6) is 11.5 Å². The summed E-state index contributed by atoms with van der Waals surface area (Å²) in [5.41, 5.74) is 0.423. The molecular weight excluding hydrogens is 406 g/mol. The highest BCUT2D eigenvalue weighted by Crippen LogP contribution is 2.45. The number of likely N-dealkylation sites (tertiary alicyclic amines) is 1. The lowest BCUT2D eigenvalue weighted by Gasteiger charge is -2.42. The van der Waals surface area contributed by atoms with Gasteiger partial charge in [-0.25, -0.2) is 4.79 Å². The maximum absolute atomic E-state index is 12.5. The van der Waals surface area contributed by atoms with Gasteiger partial charge in [0.1, 0.15) is 11.2 Å². The predicted molar refractivity (Wildman–Crippen MR) is 120 cm³/mol. The van der Waals surface area contributed by atoms with Gasteiger partial charge in [-0.15, -0.1) is 6.42 Å². The fourth-order valence-electron chi connectivity index (χ4n) is 4.40. The Labute approximate surface area is 189 Å². The van der Waals surface area contributed by atoms with Crippen LogP contribution >= 0.6 is 0 Å². The largest absolute Gasteiger partial charge is 0.454 e. The molecule has 168 valence electrons. The van der Waals surface area contributed by atoms with Gasteiger partial charge in [0.05, 0.1) is 0 Å². The first-order valence-corrected chi connectivity index (χ1v) is 10.9. The molecule has 6 nitrogen and oxygen atoms in total. The number of amides is 1. The number of hydrogen-bond acceptors (Lipinski definition) is 5. The van der Waals surface area contributed by atoms with Crippen molar-refractivity contribution in [1.82, 2.24) is 4.90 Å². The minimum Gasteiger partial charge on any atom is -0.454 e. The Kier molecular flexibility index (Phi) is 5.79. The van der Waals surface area contributed by atoms with Crippen LogP contribution in [0.2, 0.25) is 0 Å². The molecule has 2 heterocycles. The third kappa shape index (κ3) is 4.26. The van der Waals surface area contributed by atoms with Crippen LogP contribution < -0.4 is 9.47 Å². The lowest BCUT2D eigenvalue weighted by molar-refractivity contribution is -0.0238. The Morgan fingerprint density at radius 2 is 1.69 bits per heavy atom. The molecule has 1 N–H and O–H groups in total. The van der Waals surface area contributed by atoms with Gasteiger partial charge < -0.3 is 24.2 Å². The number of terminal acetylenes is 1. The van der Waals surface area contributed by atoms with Gasteiger partial charge in [0.15, 0.2) is 11.5 Å². The van der Waals surface area contributed by atoms with E-state index in [1.165, 1.54) is 0 Å². The van der Waals surface area contributed by atoms with Crippen LogP contribution in [-0.2, 0) is 10.3 Å². The Morgan fingerprint density at radius 3 is 2.31 bits per heavy atom. The van der Waals surface area contributed by atoms with E-state index < -0.39 is 11.2 Å². The Balaban J connectivity index is 1.63. The second-order valence-electron chi connectivity index (χ2n) is 9.30. The fraction of sp³-hybridized carbons (Fsp3) is 0.423. The van der Waals surface area contributed by atoms with Gasteiger partial charge >= 0.3 is 6.09 Å². The summed E-state index contributed by atoms with van der Waals surface area (Å²) in [7, 11) is 0. The van der Waals surface area contributed by atoms with Gasteiger partial charge in [-0.1, -0.05) is 24.1 Å². The molecule has 1 unspecified atom stereocenters. The molecule has 0 bridgehead atoms. The number of nitrogens with zero attached hydrogens (tertiary/aromatic N) is 1. The number of hydrogen-bond donors (Lipinski definition) is 1. The molecule has 2 aromatic carbocycles. The van der Waals surface area contributed by atoms with Gasteiger partial charge in [-0.3, -0.25) is 0 Å². The minimum absolute atomic E-state index is 0.113. The lowest BCUT2D eigenvalue weighted by atomic mass is 9.72. The molecular formula is C26H29NO5. The maximum Gasteiger partial charge on any atom is 0.410 e. The number of benzene rings is 2. The standard InChI is InChI=1S/C26H29NO5/c1-5-18-6-8-19(9-7-18)26(29,21-10-11-22-23(16-21)31-17-30-22)20-12-14-27(15-13-20)24(28)32-25(2,3)4/h1,6-11,16,20,29H,12-15,17H2,2-4H3. The van der Waals surface area contributed by atoms with Crippen molar-refractivity contribution in [3.05, 3.63) is 59.2 Å². The van der Waals surface area contributed by atoms with E-state index in [0.29, 0.717) is 37.4 Å². The molecule has 0 spiro atoms. The SMILES string of the molecule is C#Cc1ccc(C(O)(c2ccc3c(c2)OCO3)C2CCN(C(=O)OC(C)(C)C)CC2)cc1. The second-order valence-corrected chi connectivity index (χ2v) is 9.30. The normalized spacial score (nSPS) is 18.0. The highest BCUT2D eigenvalue weighted by atomic mass is 16.7. The van der Waals surface area contributed by atoms with Crippen LogP contribution in [0, 0.1) is 18.3 Å². The third-order valence-electron chi connectivity index (χ3n) is 6.04. The summed E-state index contributed by atoms with van der Waals surface area (Å²) in [6.45, 7) is 6.76. The van der Waals surface area contributed by atoms with Crippen LogP contribution in [0.1, 0.15) is 50.3 Å². The first-order chi connectivity index (χ1) is 15.2. The molecule has 0 aliphatic carbocycles. The monoisotopic (exact) mass is 435 g/mol. The van der Waals surface area contributed by atoms with E-state index >= 15 is 0 Å². The van der Waals surface area contributed by atoms with Crippen molar-refractivity contribution >= 4 is 6.09 Å². The average Bonchev–Trinajstić information content (AvgIpc) is 3.25. The molecule has 2 aliphatic rings. The summed E-state index contributed by atoms with van der Waals surface area (Å²) < 4.78 is 16.5. The molecule has 1 atom stereocenters. The van der Waals surface area contributed by atoms with Crippen LogP contribution in [0.3, 0.4) is 0 Å². The molecule has 2 aliphatic heterocycles. The number of aliphatic hydroxyl groups is 1. The van der Waals surface area contributed by atoms with Crippen molar-refractivity contribution < 1.29 is 24.1 Å². The summed E-state index contributed by atoms with van der Waals surface area (Å²) in [4.78, 5) is 14.2. The number of rotatable bonds is 3. The first kappa shape index (κ1) is 22.0. The zero-order chi connectivity index (χ0) is 22.9. The average molecular weight is 436 g/mol. The number of piperidine rings is 1. The molecule has 32 heavy (non-hydrogen) atoms. The number of carbonyl (C=O) groups is 1. The van der Waals surface area contributed by atoms with Crippen LogP contribution in [0.25, 0.3) is 0 Å². The Hall–Kier alpha value is -3.17. The van der Waals surface area contributed by atoms with E-state index in [-0.39, 0.29) is 18.8 Å². The smallest absolute Gasteiger partial charge is 0.410 e. The van der Waals surface area contributed by atoms with Crippen molar-refractivity contribution in [3.8, 4) is 23.8 Å². The number of carbonyl (C=O) groups excluding carboxylic acids is 1. The molecule has 0 radical (unpaired) electrons. The zero-order valence-corrected chi connectivity index (χ0v) is 18.8. The van der Waals surface area contributed by atoms with Crippen molar-refractivity contribution in [3.63, 3.8) is 0 Å². The van der Waals surface area contributed by atoms with Gasteiger partial charge in [-0.05, 0) is 74.9 Å². The van der Waals surface area contributed by atoms with Crippen molar-refractivity contribution in [2.45, 2.75) is 44.8 Å². The summed E-state index contributed by atoms with van der Waals surface area (Å²) in [5.74, 6) is 3.79. The Morgan fingerprint density at radius 1 is 1.06 bits per heavy atom. The molecule has 4 rings (SSSR count). The van der Waals surface area contributed by atoms with E-state index in [2.05, 4.69) is 5.92 Å². The number of ether oxygens (including phenoxy) is 3. The summed E-state index contributed by atoms with van der Waals surface area (Å²) in [5, 5.41) is 12.2. The van der Waals surface area contributed by atoms with Crippen LogP contribution in [0.4, 0.5) is 4.79 Å². The molecule has 1 saturated heterocycles. The van der Waals surface area contributed by atoms with Gasteiger partial charge in [0.2, 0.25) is 6.79 Å². The molecule has 0 saturated carbocycles. The zero-order valence-electron chi connectivity index (χ0n) is 18.8. The third-order valence-corrected chi connectivity index (χ3v) is 6.04. The lowest BCUT2D eigenvalue weighted by Crippen LogP contribution is -2.47. The van der Waals surface area contributed by atoms with E-state index in [0.717, 1.165) is 16.7 Å². The topological polar surface area (TPSA) is 68.2 Å². The number of fused-ring (bicyclic) bond motifs is 1. The highest BCUT2D eigenvalue weighted by molar-refractivity contribution is 5.68. The second kappa shape index (κ2) is 8.40. The van der Waals surface area contributed by atoms with E-state index in [9.17, 15) is 9.90 Å². The maximum atomic E-state index is 12.5. The molecule has 0 aromatic heterocycles. The first-order valence-electron chi connectivity index (χ1n) is 10.9. The van der Waals surface area contributed by atoms with Gasteiger partial charge in [0, 0.05) is 18.7 Å². The summed E-state index contributed by atoms with van der Waals surface area (Å²) in [6.07, 6.45) is 6.45. The van der Waals surface area contributed by atoms with Gasteiger partial charge in [0.25, 0.3) is 0 Å². The molecule has 1 fully saturated rings. The molecule has 6 heteroatoms. The van der Waals surface area contributed by atoms with Crippen molar-refractivity contribution in [1.29, 1.82) is 0 Å². The molecule has 2 aromatic rings. The quantitative estimate of drug-likeness (QED) is 0.729. The van der Waals surface area contributed by atoms with E-state index in [4.69, 9.17) is 20.6 Å². The van der Waals surface area contributed by atoms with E-state index in [1.54, 1.807) is 4.90 Å².